The van der Waals surface area contributed by atoms with Crippen LogP contribution in [0.2, 0.25) is 0 Å². The van der Waals surface area contributed by atoms with E-state index in [9.17, 15) is 26.4 Å². The van der Waals surface area contributed by atoms with Gasteiger partial charge in [0.25, 0.3) is 0 Å². The number of aryl methyl sites for hydroxylation is 2. The van der Waals surface area contributed by atoms with E-state index < -0.39 is 38.4 Å². The highest BCUT2D eigenvalue weighted by Gasteiger charge is 2.37. The number of esters is 1. The first-order valence-corrected chi connectivity index (χ1v) is 10.4. The van der Waals surface area contributed by atoms with Gasteiger partial charge in [-0.05, 0) is 43.7 Å². The second-order valence-electron chi connectivity index (χ2n) is 6.83. The number of hydrogen-bond donors (Lipinski definition) is 1. The van der Waals surface area contributed by atoms with E-state index in [1.165, 1.54) is 12.1 Å². The molecule has 1 aromatic heterocycles. The van der Waals surface area contributed by atoms with Crippen molar-refractivity contribution in [3.8, 4) is 16.9 Å². The summed E-state index contributed by atoms with van der Waals surface area (Å²) in [5, 5.41) is 8.91. The standard InChI is InChI=1S/C20H18F3N3O4S/c1-11-7-8-12(2)14(9-11)15-10-17(20(21,22)23)25-26(15)18-13(19(27)30-3)5-4-6-16(18)31(24,28)29/h4-10H,1-3H3,(H2,24,28,29). The summed E-state index contributed by atoms with van der Waals surface area (Å²) in [5.41, 5.74) is -0.301. The van der Waals surface area contributed by atoms with Crippen LogP contribution in [0.4, 0.5) is 13.2 Å². The molecule has 0 fully saturated rings. The normalized spacial score (nSPS) is 12.1. The average molecular weight is 453 g/mol. The summed E-state index contributed by atoms with van der Waals surface area (Å²) in [6, 6.07) is 9.46. The van der Waals surface area contributed by atoms with Gasteiger partial charge in [0.1, 0.15) is 4.90 Å². The number of nitrogens with two attached hydrogens (primary N) is 1. The van der Waals surface area contributed by atoms with Crippen LogP contribution < -0.4 is 5.14 Å². The number of hydrogen-bond acceptors (Lipinski definition) is 5. The third-order valence-electron chi connectivity index (χ3n) is 4.59. The van der Waals surface area contributed by atoms with Crippen molar-refractivity contribution in [3.05, 3.63) is 64.8 Å². The minimum absolute atomic E-state index is 0.0604. The first-order valence-electron chi connectivity index (χ1n) is 8.84. The summed E-state index contributed by atoms with van der Waals surface area (Å²) in [5.74, 6) is -0.962. The van der Waals surface area contributed by atoms with Gasteiger partial charge in [0.15, 0.2) is 5.69 Å². The molecule has 0 saturated carbocycles. The number of rotatable bonds is 4. The molecule has 0 spiro atoms. The number of primary sulfonamides is 1. The molecular formula is C20H18F3N3O4S. The van der Waals surface area contributed by atoms with E-state index in [4.69, 9.17) is 9.88 Å². The predicted molar refractivity (Wildman–Crippen MR) is 106 cm³/mol. The highest BCUT2D eigenvalue weighted by atomic mass is 32.2. The topological polar surface area (TPSA) is 104 Å². The second kappa shape index (κ2) is 7.82. The number of alkyl halides is 3. The molecule has 164 valence electrons. The van der Waals surface area contributed by atoms with Gasteiger partial charge < -0.3 is 4.74 Å². The SMILES string of the molecule is COC(=O)c1cccc(S(N)(=O)=O)c1-n1nc(C(F)(F)F)cc1-c1cc(C)ccc1C. The fraction of sp³-hybridized carbons (Fsp3) is 0.200. The Bertz CT molecular complexity index is 1280. The molecule has 0 aliphatic heterocycles. The molecule has 0 bridgehead atoms. The lowest BCUT2D eigenvalue weighted by Crippen LogP contribution is -2.20. The van der Waals surface area contributed by atoms with E-state index in [-0.39, 0.29) is 11.3 Å². The molecule has 11 heteroatoms. The van der Waals surface area contributed by atoms with Crippen molar-refractivity contribution in [2.24, 2.45) is 5.14 Å². The van der Waals surface area contributed by atoms with Crippen LogP contribution in [-0.2, 0) is 20.9 Å². The summed E-state index contributed by atoms with van der Waals surface area (Å²) in [6.45, 7) is 3.44. The monoisotopic (exact) mass is 453 g/mol. The van der Waals surface area contributed by atoms with Gasteiger partial charge in [-0.15, -0.1) is 0 Å². The molecule has 0 aliphatic rings. The molecule has 1 heterocycles. The van der Waals surface area contributed by atoms with Crippen LogP contribution in [0.15, 0.2) is 47.4 Å². The summed E-state index contributed by atoms with van der Waals surface area (Å²) < 4.78 is 70.5. The van der Waals surface area contributed by atoms with E-state index in [0.29, 0.717) is 11.1 Å². The van der Waals surface area contributed by atoms with Crippen LogP contribution in [0.5, 0.6) is 0 Å². The molecule has 31 heavy (non-hydrogen) atoms. The van der Waals surface area contributed by atoms with Crippen molar-refractivity contribution in [3.63, 3.8) is 0 Å². The highest BCUT2D eigenvalue weighted by Crippen LogP contribution is 2.36. The van der Waals surface area contributed by atoms with E-state index in [2.05, 4.69) is 5.10 Å². The van der Waals surface area contributed by atoms with Crippen molar-refractivity contribution in [2.75, 3.05) is 7.11 Å². The molecule has 0 atom stereocenters. The highest BCUT2D eigenvalue weighted by molar-refractivity contribution is 7.89. The minimum atomic E-state index is -4.82. The van der Waals surface area contributed by atoms with Gasteiger partial charge >= 0.3 is 12.1 Å². The Hall–Kier alpha value is -3.18. The van der Waals surface area contributed by atoms with Crippen molar-refractivity contribution < 1.29 is 31.1 Å². The van der Waals surface area contributed by atoms with Crippen molar-refractivity contribution >= 4 is 16.0 Å². The Morgan fingerprint density at radius 3 is 2.39 bits per heavy atom. The number of ether oxygens (including phenoxy) is 1. The first kappa shape index (κ1) is 22.5. The van der Waals surface area contributed by atoms with Crippen LogP contribution in [0.3, 0.4) is 0 Å². The maximum Gasteiger partial charge on any atom is 0.435 e. The summed E-state index contributed by atoms with van der Waals surface area (Å²) in [4.78, 5) is 11.8. The van der Waals surface area contributed by atoms with Crippen molar-refractivity contribution in [1.82, 2.24) is 9.78 Å². The Morgan fingerprint density at radius 1 is 1.13 bits per heavy atom. The second-order valence-corrected chi connectivity index (χ2v) is 8.36. The molecule has 7 nitrogen and oxygen atoms in total. The van der Waals surface area contributed by atoms with Gasteiger partial charge in [-0.1, -0.05) is 23.8 Å². The number of carbonyl (C=O) groups excluding carboxylic acids is 1. The number of halogens is 3. The summed E-state index contributed by atoms with van der Waals surface area (Å²) >= 11 is 0. The van der Waals surface area contributed by atoms with E-state index in [1.54, 1.807) is 32.0 Å². The fourth-order valence-corrected chi connectivity index (χ4v) is 3.87. The number of aromatic nitrogens is 2. The number of methoxy groups -OCH3 is 1. The summed E-state index contributed by atoms with van der Waals surface area (Å²) in [7, 11) is -3.38. The van der Waals surface area contributed by atoms with E-state index in [1.807, 2.05) is 0 Å². The fourth-order valence-electron chi connectivity index (χ4n) is 3.14. The molecular weight excluding hydrogens is 435 g/mol. The van der Waals surface area contributed by atoms with Crippen LogP contribution in [0, 0.1) is 13.8 Å². The van der Waals surface area contributed by atoms with Gasteiger partial charge in [-0.2, -0.15) is 18.3 Å². The van der Waals surface area contributed by atoms with Crippen LogP contribution in [0.1, 0.15) is 27.2 Å². The maximum atomic E-state index is 13.5. The predicted octanol–water partition coefficient (Wildman–Crippen LogP) is 3.61. The van der Waals surface area contributed by atoms with Crippen LogP contribution in [0.25, 0.3) is 16.9 Å². The van der Waals surface area contributed by atoms with Gasteiger partial charge in [-0.3, -0.25) is 0 Å². The molecule has 0 unspecified atom stereocenters. The number of carbonyl (C=O) groups is 1. The lowest BCUT2D eigenvalue weighted by molar-refractivity contribution is -0.141. The molecule has 0 amide bonds. The van der Waals surface area contributed by atoms with Gasteiger partial charge in [0.2, 0.25) is 10.0 Å². The first-order chi connectivity index (χ1) is 14.3. The van der Waals surface area contributed by atoms with Crippen molar-refractivity contribution in [2.45, 2.75) is 24.9 Å². The molecule has 3 aromatic rings. The summed E-state index contributed by atoms with van der Waals surface area (Å²) in [6.07, 6.45) is -4.82. The largest absolute Gasteiger partial charge is 0.465 e. The van der Waals surface area contributed by atoms with Gasteiger partial charge in [0.05, 0.1) is 24.1 Å². The zero-order valence-electron chi connectivity index (χ0n) is 16.7. The Morgan fingerprint density at radius 2 is 1.81 bits per heavy atom. The third kappa shape index (κ3) is 4.32. The molecule has 2 aromatic carbocycles. The number of sulfonamides is 1. The number of para-hydroxylation sites is 1. The Balaban J connectivity index is 2.50. The number of benzene rings is 2. The van der Waals surface area contributed by atoms with Crippen molar-refractivity contribution in [1.29, 1.82) is 0 Å². The molecule has 3 rings (SSSR count). The van der Waals surface area contributed by atoms with E-state index in [0.717, 1.165) is 29.5 Å². The molecule has 0 saturated heterocycles. The zero-order valence-corrected chi connectivity index (χ0v) is 17.5. The molecule has 0 radical (unpaired) electrons. The number of nitrogens with zero attached hydrogens (tertiary/aromatic N) is 2. The smallest absolute Gasteiger partial charge is 0.435 e. The minimum Gasteiger partial charge on any atom is -0.465 e. The van der Waals surface area contributed by atoms with Crippen LogP contribution >= 0.6 is 0 Å². The average Bonchev–Trinajstić information content (AvgIpc) is 3.13. The molecule has 2 N–H and O–H groups in total. The lowest BCUT2D eigenvalue weighted by atomic mass is 10.0. The van der Waals surface area contributed by atoms with Gasteiger partial charge in [0, 0.05) is 5.56 Å². The maximum absolute atomic E-state index is 13.5. The van der Waals surface area contributed by atoms with Gasteiger partial charge in [-0.25, -0.2) is 23.0 Å². The lowest BCUT2D eigenvalue weighted by Gasteiger charge is -2.16. The zero-order chi connectivity index (χ0) is 23.1. The quantitative estimate of drug-likeness (QED) is 0.608. The Kier molecular flexibility index (Phi) is 5.68. The molecule has 0 aliphatic carbocycles. The van der Waals surface area contributed by atoms with Crippen LogP contribution in [-0.4, -0.2) is 31.3 Å². The van der Waals surface area contributed by atoms with E-state index >= 15 is 0 Å². The Labute approximate surface area is 176 Å². The third-order valence-corrected chi connectivity index (χ3v) is 5.53.